The predicted molar refractivity (Wildman–Crippen MR) is 72.1 cm³/mol. The van der Waals surface area contributed by atoms with Crippen molar-refractivity contribution in [2.24, 2.45) is 0 Å². The van der Waals surface area contributed by atoms with Crippen molar-refractivity contribution in [1.29, 1.82) is 0 Å². The van der Waals surface area contributed by atoms with Crippen molar-refractivity contribution < 1.29 is 23.1 Å². The number of halogens is 4. The molecular formula is C14H9ClF3NO2. The molecule has 0 aliphatic heterocycles. The van der Waals surface area contributed by atoms with Crippen LogP contribution in [-0.4, -0.2) is 11.1 Å². The molecule has 0 amide bonds. The highest BCUT2D eigenvalue weighted by atomic mass is 35.5. The Morgan fingerprint density at radius 3 is 2.43 bits per heavy atom. The Balaban J connectivity index is 2.21. The van der Waals surface area contributed by atoms with Crippen LogP contribution in [0.1, 0.15) is 15.9 Å². The molecule has 0 atom stereocenters. The van der Waals surface area contributed by atoms with E-state index in [0.29, 0.717) is 11.6 Å². The Kier molecular flexibility index (Phi) is 4.37. The topological polar surface area (TPSA) is 49.3 Å². The zero-order valence-electron chi connectivity index (χ0n) is 10.5. The Morgan fingerprint density at radius 1 is 1.10 bits per heavy atom. The van der Waals surface area contributed by atoms with E-state index in [4.69, 9.17) is 16.7 Å². The van der Waals surface area contributed by atoms with Crippen LogP contribution in [0.3, 0.4) is 0 Å². The van der Waals surface area contributed by atoms with Crippen molar-refractivity contribution >= 4 is 23.3 Å². The first-order valence-electron chi connectivity index (χ1n) is 5.78. The fraction of sp³-hybridized carbons (Fsp3) is 0.0714. The smallest absolute Gasteiger partial charge is 0.338 e. The quantitative estimate of drug-likeness (QED) is 0.894. The van der Waals surface area contributed by atoms with Gasteiger partial charge in [-0.1, -0.05) is 17.7 Å². The molecule has 0 aliphatic carbocycles. The molecule has 7 heteroatoms. The summed E-state index contributed by atoms with van der Waals surface area (Å²) in [6.45, 7) is 0.0710. The number of carboxylic acids is 1. The lowest BCUT2D eigenvalue weighted by Gasteiger charge is -2.10. The van der Waals surface area contributed by atoms with Crippen LogP contribution in [-0.2, 0) is 6.54 Å². The van der Waals surface area contributed by atoms with E-state index in [9.17, 15) is 18.0 Å². The number of hydrogen-bond acceptors (Lipinski definition) is 2. The lowest BCUT2D eigenvalue weighted by molar-refractivity contribution is 0.0692. The molecule has 0 saturated carbocycles. The van der Waals surface area contributed by atoms with Crippen LogP contribution in [0, 0.1) is 17.5 Å². The number of benzene rings is 2. The van der Waals surface area contributed by atoms with E-state index in [2.05, 4.69) is 5.32 Å². The summed E-state index contributed by atoms with van der Waals surface area (Å²) in [6.07, 6.45) is 0. The van der Waals surface area contributed by atoms with Crippen molar-refractivity contribution in [1.82, 2.24) is 0 Å². The van der Waals surface area contributed by atoms with Crippen molar-refractivity contribution in [2.45, 2.75) is 6.54 Å². The van der Waals surface area contributed by atoms with Gasteiger partial charge in [0.2, 0.25) is 0 Å². The SMILES string of the molecule is O=C(O)c1cc(NCc2ccc(F)c(Cl)c2)c(F)cc1F. The van der Waals surface area contributed by atoms with Gasteiger partial charge < -0.3 is 10.4 Å². The molecule has 3 nitrogen and oxygen atoms in total. The highest BCUT2D eigenvalue weighted by molar-refractivity contribution is 6.30. The highest BCUT2D eigenvalue weighted by Crippen LogP contribution is 2.21. The van der Waals surface area contributed by atoms with Gasteiger partial charge in [-0.25, -0.2) is 18.0 Å². The Labute approximate surface area is 123 Å². The molecule has 0 bridgehead atoms. The van der Waals surface area contributed by atoms with Gasteiger partial charge >= 0.3 is 5.97 Å². The normalized spacial score (nSPS) is 10.5. The number of hydrogen-bond donors (Lipinski definition) is 2. The lowest BCUT2D eigenvalue weighted by Crippen LogP contribution is -2.07. The van der Waals surface area contributed by atoms with E-state index in [-0.39, 0.29) is 17.3 Å². The van der Waals surface area contributed by atoms with Gasteiger partial charge in [0.1, 0.15) is 17.5 Å². The van der Waals surface area contributed by atoms with Gasteiger partial charge in [0.15, 0.2) is 0 Å². The molecular weight excluding hydrogens is 307 g/mol. The molecule has 0 heterocycles. The number of carboxylic acid groups (broad SMARTS) is 1. The molecule has 0 aliphatic rings. The molecule has 0 radical (unpaired) electrons. The van der Waals surface area contributed by atoms with Crippen LogP contribution >= 0.6 is 11.6 Å². The Bertz CT molecular complexity index is 707. The number of nitrogens with one attached hydrogen (secondary N) is 1. The van der Waals surface area contributed by atoms with Gasteiger partial charge in [0, 0.05) is 12.6 Å². The van der Waals surface area contributed by atoms with Gasteiger partial charge in [-0.15, -0.1) is 0 Å². The maximum absolute atomic E-state index is 13.6. The third kappa shape index (κ3) is 3.46. The molecule has 0 spiro atoms. The van der Waals surface area contributed by atoms with Gasteiger partial charge in [0.05, 0.1) is 16.3 Å². The number of rotatable bonds is 4. The molecule has 0 fully saturated rings. The minimum atomic E-state index is -1.50. The second-order valence-corrected chi connectivity index (χ2v) is 4.63. The average molecular weight is 316 g/mol. The van der Waals surface area contributed by atoms with Crippen molar-refractivity contribution in [3.05, 3.63) is 63.9 Å². The second-order valence-electron chi connectivity index (χ2n) is 4.22. The van der Waals surface area contributed by atoms with E-state index in [1.54, 1.807) is 0 Å². The van der Waals surface area contributed by atoms with Crippen LogP contribution in [0.25, 0.3) is 0 Å². The molecule has 0 unspecified atom stereocenters. The van der Waals surface area contributed by atoms with E-state index in [1.165, 1.54) is 12.1 Å². The number of carbonyl (C=O) groups is 1. The van der Waals surface area contributed by atoms with E-state index in [1.807, 2.05) is 0 Å². The third-order valence-electron chi connectivity index (χ3n) is 2.75. The fourth-order valence-corrected chi connectivity index (χ4v) is 1.90. The summed E-state index contributed by atoms with van der Waals surface area (Å²) in [4.78, 5) is 10.8. The van der Waals surface area contributed by atoms with Gasteiger partial charge in [0.25, 0.3) is 0 Å². The maximum atomic E-state index is 13.6. The van der Waals surface area contributed by atoms with Gasteiger partial charge in [-0.3, -0.25) is 0 Å². The number of aromatic carboxylic acids is 1. The fourth-order valence-electron chi connectivity index (χ4n) is 1.70. The minimum Gasteiger partial charge on any atom is -0.478 e. The van der Waals surface area contributed by atoms with Crippen LogP contribution in [0.5, 0.6) is 0 Å². The summed E-state index contributed by atoms with van der Waals surface area (Å²) >= 11 is 5.61. The highest BCUT2D eigenvalue weighted by Gasteiger charge is 2.15. The molecule has 2 rings (SSSR count). The summed E-state index contributed by atoms with van der Waals surface area (Å²) in [5.74, 6) is -4.16. The summed E-state index contributed by atoms with van der Waals surface area (Å²) < 4.78 is 39.8. The van der Waals surface area contributed by atoms with Gasteiger partial charge in [-0.2, -0.15) is 0 Å². The minimum absolute atomic E-state index is 0.0710. The maximum Gasteiger partial charge on any atom is 0.338 e. The van der Waals surface area contributed by atoms with Crippen molar-refractivity contribution in [3.8, 4) is 0 Å². The summed E-state index contributed by atoms with van der Waals surface area (Å²) in [5.41, 5.74) is -0.257. The first-order valence-corrected chi connectivity index (χ1v) is 6.16. The van der Waals surface area contributed by atoms with Gasteiger partial charge in [-0.05, 0) is 23.8 Å². The summed E-state index contributed by atoms with van der Waals surface area (Å²) in [7, 11) is 0. The molecule has 21 heavy (non-hydrogen) atoms. The molecule has 110 valence electrons. The predicted octanol–water partition coefficient (Wildman–Crippen LogP) is 4.07. The van der Waals surface area contributed by atoms with Crippen LogP contribution in [0.4, 0.5) is 18.9 Å². The molecule has 0 aromatic heterocycles. The van der Waals surface area contributed by atoms with Crippen molar-refractivity contribution in [3.63, 3.8) is 0 Å². The molecule has 2 aromatic rings. The Hall–Kier alpha value is -2.21. The van der Waals surface area contributed by atoms with E-state index in [0.717, 1.165) is 12.1 Å². The monoisotopic (exact) mass is 315 g/mol. The summed E-state index contributed by atoms with van der Waals surface area (Å²) in [5, 5.41) is 11.3. The van der Waals surface area contributed by atoms with E-state index < -0.39 is 29.0 Å². The summed E-state index contributed by atoms with van der Waals surface area (Å²) in [6, 6.07) is 5.29. The number of anilines is 1. The average Bonchev–Trinajstić information content (AvgIpc) is 2.41. The van der Waals surface area contributed by atoms with E-state index >= 15 is 0 Å². The van der Waals surface area contributed by atoms with Crippen LogP contribution < -0.4 is 5.32 Å². The standard InChI is InChI=1S/C14H9ClF3NO2/c15-9-3-7(1-2-10(9)16)6-19-13-4-8(14(20)21)11(17)5-12(13)18/h1-5,19H,6H2,(H,20,21). The van der Waals surface area contributed by atoms with Crippen LogP contribution in [0.2, 0.25) is 5.02 Å². The van der Waals surface area contributed by atoms with Crippen molar-refractivity contribution in [2.75, 3.05) is 5.32 Å². The first-order chi connectivity index (χ1) is 9.88. The third-order valence-corrected chi connectivity index (χ3v) is 3.04. The largest absolute Gasteiger partial charge is 0.478 e. The zero-order valence-corrected chi connectivity index (χ0v) is 11.2. The second kappa shape index (κ2) is 6.05. The zero-order chi connectivity index (χ0) is 15.6. The Morgan fingerprint density at radius 2 is 1.81 bits per heavy atom. The lowest BCUT2D eigenvalue weighted by atomic mass is 10.1. The molecule has 2 N–H and O–H groups in total. The molecule has 2 aromatic carbocycles. The molecule has 0 saturated heterocycles. The first kappa shape index (κ1) is 15.2. The van der Waals surface area contributed by atoms with Crippen LogP contribution in [0.15, 0.2) is 30.3 Å².